The van der Waals surface area contributed by atoms with Crippen LogP contribution in [-0.2, 0) is 28.5 Å². The van der Waals surface area contributed by atoms with Gasteiger partial charge in [0, 0.05) is 19.4 Å². The first kappa shape index (κ1) is 39.8. The summed E-state index contributed by atoms with van der Waals surface area (Å²) in [5.74, 6) is -0.464. The van der Waals surface area contributed by atoms with Crippen molar-refractivity contribution in [3.8, 4) is 0 Å². The minimum Gasteiger partial charge on any atom is -0.456 e. The Morgan fingerprint density at radius 1 is 0.628 bits per heavy atom. The summed E-state index contributed by atoms with van der Waals surface area (Å²) in [6.45, 7) is 6.42. The van der Waals surface area contributed by atoms with E-state index in [2.05, 4.69) is 18.7 Å². The van der Waals surface area contributed by atoms with Gasteiger partial charge >= 0.3 is 11.9 Å². The van der Waals surface area contributed by atoms with Gasteiger partial charge in [0.2, 0.25) is 0 Å². The molecule has 0 saturated carbocycles. The standard InChI is InChI=1S/C36H69NO6/c1-5-7-9-11-13-15-17-19-21-23-25-27-35(39)43-36-32(30-40-29-28-37(3)4)41-31-33(36)42-34(38)26-24-22-20-18-16-14-12-10-8-6-2/h32-33,36H,5-31H2,1-4H3/t32-,33+,36+/m1/s1. The van der Waals surface area contributed by atoms with Gasteiger partial charge in [0.1, 0.15) is 6.10 Å². The quantitative estimate of drug-likeness (QED) is 0.0593. The molecule has 254 valence electrons. The topological polar surface area (TPSA) is 74.3 Å². The maximum absolute atomic E-state index is 12.8. The normalized spacial score (nSPS) is 18.4. The van der Waals surface area contributed by atoms with Crippen LogP contribution < -0.4 is 0 Å². The summed E-state index contributed by atoms with van der Waals surface area (Å²) < 4.78 is 23.4. The second kappa shape index (κ2) is 28.3. The average molecular weight is 612 g/mol. The minimum absolute atomic E-state index is 0.228. The van der Waals surface area contributed by atoms with E-state index in [0.717, 1.165) is 38.6 Å². The number of carbonyl (C=O) groups is 2. The van der Waals surface area contributed by atoms with Crippen LogP contribution in [-0.4, -0.2) is 75.6 Å². The molecule has 0 aromatic heterocycles. The molecule has 7 nitrogen and oxygen atoms in total. The van der Waals surface area contributed by atoms with Gasteiger partial charge in [-0.15, -0.1) is 0 Å². The second-order valence-corrected chi connectivity index (χ2v) is 13.0. The maximum Gasteiger partial charge on any atom is 0.306 e. The Morgan fingerprint density at radius 2 is 1.05 bits per heavy atom. The predicted octanol–water partition coefficient (Wildman–Crippen LogP) is 8.80. The van der Waals surface area contributed by atoms with Crippen molar-refractivity contribution in [1.29, 1.82) is 0 Å². The number of ether oxygens (including phenoxy) is 4. The molecule has 0 radical (unpaired) electrons. The average Bonchev–Trinajstić information content (AvgIpc) is 3.35. The number of hydrogen-bond donors (Lipinski definition) is 0. The number of carbonyl (C=O) groups excluding carboxylic acids is 2. The van der Waals surface area contributed by atoms with Crippen LogP contribution >= 0.6 is 0 Å². The summed E-state index contributed by atoms with van der Waals surface area (Å²) in [5.41, 5.74) is 0. The van der Waals surface area contributed by atoms with Crippen LogP contribution in [0.5, 0.6) is 0 Å². The monoisotopic (exact) mass is 612 g/mol. The van der Waals surface area contributed by atoms with E-state index in [-0.39, 0.29) is 18.5 Å². The molecule has 1 rings (SSSR count). The Kier molecular flexibility index (Phi) is 26.2. The van der Waals surface area contributed by atoms with Gasteiger partial charge in [0.15, 0.2) is 12.2 Å². The van der Waals surface area contributed by atoms with Crippen molar-refractivity contribution in [2.75, 3.05) is 40.5 Å². The molecule has 0 bridgehead atoms. The summed E-state index contributed by atoms with van der Waals surface area (Å²) in [6, 6.07) is 0. The van der Waals surface area contributed by atoms with Crippen LogP contribution in [0.3, 0.4) is 0 Å². The number of unbranched alkanes of at least 4 members (excludes halogenated alkanes) is 19. The van der Waals surface area contributed by atoms with E-state index >= 15 is 0 Å². The van der Waals surface area contributed by atoms with Crippen LogP contribution in [0.15, 0.2) is 0 Å². The molecule has 1 heterocycles. The molecule has 1 fully saturated rings. The zero-order valence-corrected chi connectivity index (χ0v) is 28.7. The van der Waals surface area contributed by atoms with Crippen molar-refractivity contribution in [3.05, 3.63) is 0 Å². The number of likely N-dealkylation sites (N-methyl/N-ethyl adjacent to an activating group) is 1. The molecule has 1 aliphatic heterocycles. The van der Waals surface area contributed by atoms with Gasteiger partial charge < -0.3 is 23.8 Å². The third-order valence-corrected chi connectivity index (χ3v) is 8.44. The van der Waals surface area contributed by atoms with Gasteiger partial charge in [-0.1, -0.05) is 136 Å². The molecule has 0 unspecified atom stereocenters. The molecule has 0 N–H and O–H groups in total. The molecule has 7 heteroatoms. The van der Waals surface area contributed by atoms with Crippen molar-refractivity contribution in [2.45, 2.75) is 180 Å². The molecule has 43 heavy (non-hydrogen) atoms. The number of esters is 2. The maximum atomic E-state index is 12.8. The van der Waals surface area contributed by atoms with Crippen LogP contribution in [0.2, 0.25) is 0 Å². The van der Waals surface area contributed by atoms with Gasteiger partial charge in [-0.05, 0) is 26.9 Å². The summed E-state index contributed by atoms with van der Waals surface area (Å²) >= 11 is 0. The van der Waals surface area contributed by atoms with Gasteiger partial charge in [-0.3, -0.25) is 9.59 Å². The van der Waals surface area contributed by atoms with Crippen molar-refractivity contribution < 1.29 is 28.5 Å². The molecular weight excluding hydrogens is 542 g/mol. The van der Waals surface area contributed by atoms with Gasteiger partial charge in [0.05, 0.1) is 19.8 Å². The Morgan fingerprint density at radius 3 is 1.49 bits per heavy atom. The van der Waals surface area contributed by atoms with E-state index < -0.39 is 18.3 Å². The number of rotatable bonds is 30. The van der Waals surface area contributed by atoms with Crippen molar-refractivity contribution in [3.63, 3.8) is 0 Å². The fourth-order valence-corrected chi connectivity index (χ4v) is 5.62. The highest BCUT2D eigenvalue weighted by Crippen LogP contribution is 2.23. The number of nitrogens with zero attached hydrogens (tertiary/aromatic N) is 1. The SMILES string of the molecule is CCCCCCCCCCCCCC(=O)O[C@@H]1[C@@H](OC(=O)CCCCCCCCCCCC)CO[C@@H]1COCCN(C)C. The van der Waals surface area contributed by atoms with E-state index in [1.165, 1.54) is 103 Å². The Bertz CT molecular complexity index is 658. The van der Waals surface area contributed by atoms with Crippen molar-refractivity contribution >= 4 is 11.9 Å². The van der Waals surface area contributed by atoms with Crippen LogP contribution in [0.25, 0.3) is 0 Å². The molecule has 3 atom stereocenters. The third-order valence-electron chi connectivity index (χ3n) is 8.44. The van der Waals surface area contributed by atoms with Gasteiger partial charge in [-0.25, -0.2) is 0 Å². The van der Waals surface area contributed by atoms with Crippen LogP contribution in [0.1, 0.15) is 162 Å². The minimum atomic E-state index is -0.615. The number of hydrogen-bond acceptors (Lipinski definition) is 7. The summed E-state index contributed by atoms with van der Waals surface area (Å²) in [5, 5.41) is 0. The van der Waals surface area contributed by atoms with E-state index in [0.29, 0.717) is 26.1 Å². The predicted molar refractivity (Wildman–Crippen MR) is 176 cm³/mol. The molecule has 0 aliphatic carbocycles. The summed E-state index contributed by atoms with van der Waals surface area (Å²) in [4.78, 5) is 27.5. The van der Waals surface area contributed by atoms with Crippen LogP contribution in [0, 0.1) is 0 Å². The fourth-order valence-electron chi connectivity index (χ4n) is 5.62. The van der Waals surface area contributed by atoms with Gasteiger partial charge in [0.25, 0.3) is 0 Å². The molecule has 1 saturated heterocycles. The zero-order chi connectivity index (χ0) is 31.4. The lowest BCUT2D eigenvalue weighted by Crippen LogP contribution is -2.40. The lowest BCUT2D eigenvalue weighted by molar-refractivity contribution is -0.167. The van der Waals surface area contributed by atoms with Crippen molar-refractivity contribution in [2.24, 2.45) is 0 Å². The zero-order valence-electron chi connectivity index (χ0n) is 28.7. The third kappa shape index (κ3) is 22.9. The van der Waals surface area contributed by atoms with E-state index in [1.807, 2.05) is 14.1 Å². The van der Waals surface area contributed by atoms with E-state index in [4.69, 9.17) is 18.9 Å². The Hall–Kier alpha value is -1.18. The Balaban J connectivity index is 2.33. The van der Waals surface area contributed by atoms with E-state index in [9.17, 15) is 9.59 Å². The fraction of sp³-hybridized carbons (Fsp3) is 0.944. The Labute approximate surface area is 265 Å². The molecule has 0 aromatic carbocycles. The molecular formula is C36H69NO6. The van der Waals surface area contributed by atoms with Gasteiger partial charge in [-0.2, -0.15) is 0 Å². The lowest BCUT2D eigenvalue weighted by atomic mass is 10.1. The second-order valence-electron chi connectivity index (χ2n) is 13.0. The molecule has 0 amide bonds. The highest BCUT2D eigenvalue weighted by Gasteiger charge is 2.42. The molecule has 0 spiro atoms. The highest BCUT2D eigenvalue weighted by molar-refractivity contribution is 5.70. The summed E-state index contributed by atoms with van der Waals surface area (Å²) in [6.07, 6.45) is 25.0. The largest absolute Gasteiger partial charge is 0.456 e. The highest BCUT2D eigenvalue weighted by atomic mass is 16.6. The van der Waals surface area contributed by atoms with Crippen molar-refractivity contribution in [1.82, 2.24) is 4.90 Å². The first-order valence-electron chi connectivity index (χ1n) is 18.2. The summed E-state index contributed by atoms with van der Waals surface area (Å²) in [7, 11) is 4.00. The first-order chi connectivity index (χ1) is 21.0. The molecule has 1 aliphatic rings. The van der Waals surface area contributed by atoms with E-state index in [1.54, 1.807) is 0 Å². The smallest absolute Gasteiger partial charge is 0.306 e. The first-order valence-corrected chi connectivity index (χ1v) is 18.2. The van der Waals surface area contributed by atoms with Crippen LogP contribution in [0.4, 0.5) is 0 Å². The lowest BCUT2D eigenvalue weighted by Gasteiger charge is -2.23. The molecule has 0 aromatic rings.